The van der Waals surface area contributed by atoms with Crippen LogP contribution in [0.3, 0.4) is 0 Å². The Morgan fingerprint density at radius 2 is 1.78 bits per heavy atom. The third kappa shape index (κ3) is 3.55. The van der Waals surface area contributed by atoms with Gasteiger partial charge in [0.25, 0.3) is 0 Å². The molecule has 0 aliphatic carbocycles. The van der Waals surface area contributed by atoms with E-state index in [4.69, 9.17) is 10.2 Å². The average Bonchev–Trinajstić information content (AvgIpc) is 2.63. The molecule has 1 heterocycles. The Bertz CT molecular complexity index is 254. The summed E-state index contributed by atoms with van der Waals surface area (Å²) in [6.07, 6.45) is -6.26. The lowest BCUT2D eigenvalue weighted by Crippen LogP contribution is -2.49. The van der Waals surface area contributed by atoms with Gasteiger partial charge in [-0.15, -0.1) is 0 Å². The van der Waals surface area contributed by atoms with E-state index in [2.05, 4.69) is 0 Å². The molecule has 0 spiro atoms. The first-order valence-electron chi connectivity index (χ1n) is 5.68. The lowest BCUT2D eigenvalue weighted by atomic mass is 10.1. The van der Waals surface area contributed by atoms with E-state index in [9.17, 15) is 25.5 Å². The van der Waals surface area contributed by atoms with Crippen molar-refractivity contribution in [2.75, 3.05) is 24.7 Å². The Morgan fingerprint density at radius 1 is 1.17 bits per heavy atom. The summed E-state index contributed by atoms with van der Waals surface area (Å²) >= 11 is 0. The summed E-state index contributed by atoms with van der Waals surface area (Å²) in [4.78, 5) is 0. The predicted octanol–water partition coefficient (Wildman–Crippen LogP) is -4.86. The summed E-state index contributed by atoms with van der Waals surface area (Å²) < 4.78 is 0. The fraction of sp³-hybridized carbons (Fsp3) is 1.00. The van der Waals surface area contributed by atoms with Crippen LogP contribution >= 0.6 is 0 Å². The van der Waals surface area contributed by atoms with E-state index in [1.165, 1.54) is 0 Å². The normalized spacial score (nSPS) is 37.5. The van der Waals surface area contributed by atoms with Crippen LogP contribution in [0.1, 0.15) is 0 Å². The molecule has 1 rings (SSSR count). The molecule has 8 heteroatoms. The first-order valence-corrected chi connectivity index (χ1v) is 7.31. The number of hydrogen-bond donors (Lipinski definition) is 6. The highest BCUT2D eigenvalue weighted by Gasteiger charge is 2.53. The monoisotopic (exact) mass is 284 g/mol. The quantitative estimate of drug-likeness (QED) is 0.268. The first kappa shape index (κ1) is 16.1. The number of aliphatic hydroxyl groups is 6. The van der Waals surface area contributed by atoms with E-state index < -0.39 is 59.9 Å². The zero-order chi connectivity index (χ0) is 13.9. The van der Waals surface area contributed by atoms with Crippen LogP contribution in [0.15, 0.2) is 0 Å². The molecule has 0 amide bonds. The standard InChI is InChI=1S/C10H20O7S/c11-1-5(13)7(15)3-18-4-8(16)9(17)10(18)6(14)2-12/h5-12,14-17H,1-4H2/t5-,6+,7+,8-,9-,10+,18?/m0/s1. The second-order valence-corrected chi connectivity index (χ2v) is 6.72. The van der Waals surface area contributed by atoms with Crippen molar-refractivity contribution in [3.05, 3.63) is 0 Å². The highest BCUT2D eigenvalue weighted by molar-refractivity contribution is 7.97. The summed E-state index contributed by atoms with van der Waals surface area (Å²) in [6.45, 7) is -1.26. The molecule has 0 bridgehead atoms. The minimum absolute atomic E-state index is 0.00935. The molecule has 0 aromatic carbocycles. The maximum Gasteiger partial charge on any atom is 0.174 e. The fourth-order valence-corrected chi connectivity index (χ4v) is 5.00. The van der Waals surface area contributed by atoms with Gasteiger partial charge in [0.1, 0.15) is 29.8 Å². The van der Waals surface area contributed by atoms with Crippen LogP contribution in [0.2, 0.25) is 0 Å². The maximum absolute atomic E-state index is 11.2. The molecule has 1 saturated heterocycles. The minimum atomic E-state index is -1.54. The van der Waals surface area contributed by atoms with Crippen LogP contribution in [-0.4, -0.2) is 91.1 Å². The van der Waals surface area contributed by atoms with Gasteiger partial charge < -0.3 is 35.7 Å². The fourth-order valence-electron chi connectivity index (χ4n) is 2.03. The van der Waals surface area contributed by atoms with Crippen molar-refractivity contribution < 1.29 is 35.7 Å². The average molecular weight is 284 g/mol. The van der Waals surface area contributed by atoms with Crippen molar-refractivity contribution in [2.24, 2.45) is 0 Å². The van der Waals surface area contributed by atoms with Gasteiger partial charge in [0, 0.05) is 17.5 Å². The molecule has 6 N–H and O–H groups in total. The predicted molar refractivity (Wildman–Crippen MR) is 62.9 cm³/mol. The van der Waals surface area contributed by atoms with Gasteiger partial charge in [0.2, 0.25) is 0 Å². The van der Waals surface area contributed by atoms with Gasteiger partial charge in [-0.3, -0.25) is 0 Å². The molecule has 0 radical (unpaired) electrons. The molecule has 0 aromatic rings. The van der Waals surface area contributed by atoms with E-state index >= 15 is 0 Å². The van der Waals surface area contributed by atoms with E-state index in [1.54, 1.807) is 0 Å². The van der Waals surface area contributed by atoms with Gasteiger partial charge in [-0.05, 0) is 0 Å². The first-order chi connectivity index (χ1) is 8.42. The molecular weight excluding hydrogens is 264 g/mol. The van der Waals surface area contributed by atoms with Gasteiger partial charge in [0.15, 0.2) is 5.25 Å². The van der Waals surface area contributed by atoms with Gasteiger partial charge >= 0.3 is 0 Å². The van der Waals surface area contributed by atoms with Crippen molar-refractivity contribution in [1.82, 2.24) is 0 Å². The lowest BCUT2D eigenvalue weighted by molar-refractivity contribution is -0.440. The van der Waals surface area contributed by atoms with Crippen molar-refractivity contribution >= 4 is 10.9 Å². The van der Waals surface area contributed by atoms with Crippen LogP contribution in [0.5, 0.6) is 0 Å². The third-order valence-corrected chi connectivity index (χ3v) is 5.96. The summed E-state index contributed by atoms with van der Waals surface area (Å²) in [5, 5.41) is 66.4. The molecule has 1 aliphatic heterocycles. The lowest BCUT2D eigenvalue weighted by Gasteiger charge is -2.26. The van der Waals surface area contributed by atoms with Gasteiger partial charge in [-0.1, -0.05) is 6.10 Å². The van der Waals surface area contributed by atoms with Crippen molar-refractivity contribution in [1.29, 1.82) is 0 Å². The number of rotatable bonds is 6. The van der Waals surface area contributed by atoms with Crippen LogP contribution in [-0.2, 0) is 10.9 Å². The number of aliphatic hydroxyl groups excluding tert-OH is 6. The summed E-state index contributed by atoms with van der Waals surface area (Å²) in [5.74, 6) is 0.155. The smallest absolute Gasteiger partial charge is 0.174 e. The molecule has 1 fully saturated rings. The highest BCUT2D eigenvalue weighted by Crippen LogP contribution is 2.27. The molecule has 108 valence electrons. The Kier molecular flexibility index (Phi) is 6.28. The summed E-state index contributed by atoms with van der Waals surface area (Å²) in [5.41, 5.74) is 0. The zero-order valence-electron chi connectivity index (χ0n) is 9.79. The van der Waals surface area contributed by atoms with Crippen molar-refractivity contribution in [3.8, 4) is 0 Å². The summed E-state index contributed by atoms with van der Waals surface area (Å²) in [6, 6.07) is 0. The molecular formula is C10H20O7S. The molecule has 1 unspecified atom stereocenters. The summed E-state index contributed by atoms with van der Waals surface area (Å²) in [7, 11) is -0.779. The molecule has 0 saturated carbocycles. The maximum atomic E-state index is 11.2. The van der Waals surface area contributed by atoms with Crippen LogP contribution in [0.4, 0.5) is 0 Å². The molecule has 18 heavy (non-hydrogen) atoms. The topological polar surface area (TPSA) is 144 Å². The van der Waals surface area contributed by atoms with Crippen LogP contribution in [0, 0.1) is 0 Å². The van der Waals surface area contributed by atoms with Gasteiger partial charge in [-0.2, -0.15) is 0 Å². The SMILES string of the molecule is [O-][C@@H](CO)[C@H](O)C[S+]1C[C@H](O)[C@H](O)[C@H]1[C@H](O)CO. The minimum Gasteiger partial charge on any atom is -0.848 e. The van der Waals surface area contributed by atoms with Crippen LogP contribution < -0.4 is 5.11 Å². The zero-order valence-corrected chi connectivity index (χ0v) is 10.6. The third-order valence-electron chi connectivity index (χ3n) is 3.06. The molecule has 0 aromatic heterocycles. The van der Waals surface area contributed by atoms with E-state index in [1.807, 2.05) is 0 Å². The second-order valence-electron chi connectivity index (χ2n) is 4.43. The Hall–Kier alpha value is 0.0700. The molecule has 7 atom stereocenters. The Labute approximate surface area is 108 Å². The largest absolute Gasteiger partial charge is 0.848 e. The molecule has 7 nitrogen and oxygen atoms in total. The van der Waals surface area contributed by atoms with Crippen molar-refractivity contribution in [3.63, 3.8) is 0 Å². The molecule has 1 aliphatic rings. The Morgan fingerprint density at radius 3 is 2.28 bits per heavy atom. The van der Waals surface area contributed by atoms with E-state index in [0.29, 0.717) is 0 Å². The van der Waals surface area contributed by atoms with Crippen molar-refractivity contribution in [2.45, 2.75) is 35.8 Å². The van der Waals surface area contributed by atoms with Crippen LogP contribution in [0.25, 0.3) is 0 Å². The van der Waals surface area contributed by atoms with E-state index in [0.717, 1.165) is 0 Å². The van der Waals surface area contributed by atoms with Gasteiger partial charge in [-0.25, -0.2) is 0 Å². The number of hydrogen-bond acceptors (Lipinski definition) is 7. The highest BCUT2D eigenvalue weighted by atomic mass is 32.2. The Balaban J connectivity index is 2.68. The second kappa shape index (κ2) is 7.01. The van der Waals surface area contributed by atoms with E-state index in [-0.39, 0.29) is 11.5 Å². The van der Waals surface area contributed by atoms with Gasteiger partial charge in [0.05, 0.1) is 12.7 Å².